The Bertz CT molecular complexity index is 1850. The molecule has 5 rings (SSSR count). The summed E-state index contributed by atoms with van der Waals surface area (Å²) >= 11 is 0. The summed E-state index contributed by atoms with van der Waals surface area (Å²) in [4.78, 5) is 43.6. The molecule has 1 fully saturated rings. The molecule has 0 saturated carbocycles. The van der Waals surface area contributed by atoms with Gasteiger partial charge in [-0.15, -0.1) is 0 Å². The summed E-state index contributed by atoms with van der Waals surface area (Å²) in [6.07, 6.45) is -4.87. The molecule has 9 nitrogen and oxygen atoms in total. The van der Waals surface area contributed by atoms with Gasteiger partial charge in [0.1, 0.15) is 11.5 Å². The number of nitrogens with two attached hydrogens (primary N) is 2. The fraction of sp³-hybridized carbons (Fsp3) is 0.303. The molecule has 1 aliphatic heterocycles. The Morgan fingerprint density at radius 2 is 1.52 bits per heavy atom. The summed E-state index contributed by atoms with van der Waals surface area (Å²) in [5.41, 5.74) is 10.6. The van der Waals surface area contributed by atoms with Gasteiger partial charge in [-0.25, -0.2) is 9.18 Å². The second-order valence-electron chi connectivity index (χ2n) is 11.3. The molecule has 1 saturated heterocycles. The van der Waals surface area contributed by atoms with Crippen LogP contribution in [-0.2, 0) is 25.8 Å². The highest BCUT2D eigenvalue weighted by atomic mass is 19.4. The van der Waals surface area contributed by atoms with Crippen molar-refractivity contribution in [1.82, 2.24) is 14.0 Å². The fourth-order valence-corrected chi connectivity index (χ4v) is 5.91. The first-order valence-electron chi connectivity index (χ1n) is 14.7. The third-order valence-electron chi connectivity index (χ3n) is 8.37. The van der Waals surface area contributed by atoms with E-state index in [1.165, 1.54) is 6.92 Å². The molecule has 0 bridgehead atoms. The van der Waals surface area contributed by atoms with E-state index in [1.807, 2.05) is 12.1 Å². The Morgan fingerprint density at radius 3 is 2.17 bits per heavy atom. The van der Waals surface area contributed by atoms with E-state index in [1.54, 1.807) is 47.4 Å². The number of carbonyl (C=O) groups excluding carboxylic acids is 1. The van der Waals surface area contributed by atoms with Crippen molar-refractivity contribution < 1.29 is 22.4 Å². The molecule has 242 valence electrons. The van der Waals surface area contributed by atoms with Gasteiger partial charge in [-0.05, 0) is 36.2 Å². The molecule has 4 aromatic rings. The maximum Gasteiger partial charge on any atom is 0.416 e. The van der Waals surface area contributed by atoms with E-state index >= 15 is 0 Å². The molecule has 13 heteroatoms. The highest BCUT2D eigenvalue weighted by Gasteiger charge is 2.35. The van der Waals surface area contributed by atoms with Gasteiger partial charge in [0.15, 0.2) is 0 Å². The lowest BCUT2D eigenvalue weighted by Gasteiger charge is -2.37. The Labute approximate surface area is 262 Å². The number of carbonyl (C=O) groups is 1. The Balaban J connectivity index is 1.53. The van der Waals surface area contributed by atoms with Crippen molar-refractivity contribution in [2.24, 2.45) is 11.5 Å². The number of aromatic nitrogens is 2. The maximum absolute atomic E-state index is 14.9. The Morgan fingerprint density at radius 1 is 0.870 bits per heavy atom. The van der Waals surface area contributed by atoms with Gasteiger partial charge in [-0.2, -0.15) is 13.2 Å². The molecule has 1 aromatic heterocycles. The van der Waals surface area contributed by atoms with Crippen molar-refractivity contribution in [3.63, 3.8) is 0 Å². The number of hydrogen-bond acceptors (Lipinski definition) is 6. The van der Waals surface area contributed by atoms with Gasteiger partial charge in [0.25, 0.3) is 5.56 Å². The summed E-state index contributed by atoms with van der Waals surface area (Å²) in [5, 5.41) is 0. The average Bonchev–Trinajstić information content (AvgIpc) is 3.03. The van der Waals surface area contributed by atoms with Crippen LogP contribution in [0.5, 0.6) is 0 Å². The van der Waals surface area contributed by atoms with E-state index in [4.69, 9.17) is 11.5 Å². The van der Waals surface area contributed by atoms with Gasteiger partial charge >= 0.3 is 11.9 Å². The van der Waals surface area contributed by atoms with Crippen LogP contribution in [0.2, 0.25) is 0 Å². The first-order chi connectivity index (χ1) is 21.9. The number of hydrogen-bond donors (Lipinski definition) is 2. The zero-order valence-electron chi connectivity index (χ0n) is 25.1. The molecule has 0 aliphatic carbocycles. The molecule has 1 atom stereocenters. The summed E-state index contributed by atoms with van der Waals surface area (Å²) < 4.78 is 58.6. The minimum Gasteiger partial charge on any atom is -0.366 e. The number of amides is 1. The molecule has 0 radical (unpaired) electrons. The van der Waals surface area contributed by atoms with Crippen LogP contribution in [0.1, 0.15) is 44.3 Å². The molecular formula is C33H34F4N6O3. The SMILES string of the molecule is Cc1c(N2CCN(Cc3ccccc3C(N)=O)CC2)c(=O)n(C[C@H](N)c2ccccc2)c(=O)n1Cc1c(F)cccc1C(F)(F)F. The van der Waals surface area contributed by atoms with Crippen LogP contribution in [0.25, 0.3) is 0 Å². The van der Waals surface area contributed by atoms with Gasteiger partial charge in [-0.3, -0.25) is 23.6 Å². The van der Waals surface area contributed by atoms with Gasteiger partial charge in [0, 0.05) is 55.6 Å². The van der Waals surface area contributed by atoms with Crippen molar-refractivity contribution in [1.29, 1.82) is 0 Å². The molecule has 0 spiro atoms. The molecule has 1 aliphatic rings. The second-order valence-corrected chi connectivity index (χ2v) is 11.3. The monoisotopic (exact) mass is 638 g/mol. The average molecular weight is 639 g/mol. The third kappa shape index (κ3) is 6.75. The molecule has 3 aromatic carbocycles. The van der Waals surface area contributed by atoms with Crippen LogP contribution in [-0.4, -0.2) is 46.1 Å². The predicted octanol–water partition coefficient (Wildman–Crippen LogP) is 3.65. The smallest absolute Gasteiger partial charge is 0.366 e. The van der Waals surface area contributed by atoms with Crippen molar-refractivity contribution in [3.05, 3.63) is 133 Å². The van der Waals surface area contributed by atoms with Crippen LogP contribution in [0, 0.1) is 12.7 Å². The van der Waals surface area contributed by atoms with Crippen molar-refractivity contribution in [2.75, 3.05) is 31.1 Å². The number of halogens is 4. The van der Waals surface area contributed by atoms with Crippen molar-refractivity contribution in [3.8, 4) is 0 Å². The number of rotatable bonds is 9. The van der Waals surface area contributed by atoms with Gasteiger partial charge in [0.05, 0.1) is 18.7 Å². The van der Waals surface area contributed by atoms with Crippen molar-refractivity contribution in [2.45, 2.75) is 38.8 Å². The number of primary amides is 1. The number of anilines is 1. The Hall–Kier alpha value is -4.75. The molecular weight excluding hydrogens is 604 g/mol. The molecule has 46 heavy (non-hydrogen) atoms. The largest absolute Gasteiger partial charge is 0.416 e. The second kappa shape index (κ2) is 13.3. The molecule has 0 unspecified atom stereocenters. The van der Waals surface area contributed by atoms with Crippen LogP contribution in [0.3, 0.4) is 0 Å². The van der Waals surface area contributed by atoms with Crippen LogP contribution >= 0.6 is 0 Å². The summed E-state index contributed by atoms with van der Waals surface area (Å²) in [6.45, 7) is 2.54. The quantitative estimate of drug-likeness (QED) is 0.270. The first-order valence-corrected chi connectivity index (χ1v) is 14.7. The molecule has 1 amide bonds. The van der Waals surface area contributed by atoms with E-state index in [-0.39, 0.29) is 17.9 Å². The predicted molar refractivity (Wildman–Crippen MR) is 166 cm³/mol. The summed E-state index contributed by atoms with van der Waals surface area (Å²) in [5.74, 6) is -1.66. The van der Waals surface area contributed by atoms with Gasteiger partial charge in [-0.1, -0.05) is 54.6 Å². The lowest BCUT2D eigenvalue weighted by atomic mass is 10.1. The third-order valence-corrected chi connectivity index (χ3v) is 8.37. The molecule has 4 N–H and O–H groups in total. The van der Waals surface area contributed by atoms with Crippen LogP contribution < -0.4 is 27.6 Å². The van der Waals surface area contributed by atoms with E-state index in [9.17, 15) is 31.9 Å². The van der Waals surface area contributed by atoms with E-state index in [2.05, 4.69) is 4.90 Å². The fourth-order valence-electron chi connectivity index (χ4n) is 5.91. The van der Waals surface area contributed by atoms with E-state index in [0.29, 0.717) is 43.9 Å². The number of benzene rings is 3. The van der Waals surface area contributed by atoms with Crippen LogP contribution in [0.15, 0.2) is 82.4 Å². The van der Waals surface area contributed by atoms with Crippen LogP contribution in [0.4, 0.5) is 23.2 Å². The van der Waals surface area contributed by atoms with E-state index < -0.39 is 52.9 Å². The minimum atomic E-state index is -4.87. The molecule has 2 heterocycles. The van der Waals surface area contributed by atoms with E-state index in [0.717, 1.165) is 32.9 Å². The standard InChI is InChI=1S/C33H34F4N6O3/c1-21-29(41-16-14-40(15-17-41)18-23-10-5-6-11-24(23)30(39)44)31(45)43(20-28(38)22-8-3-2-4-9-22)32(46)42(21)19-25-26(33(35,36)37)12-7-13-27(25)34/h2-13,28H,14-20,38H2,1H3,(H2,39,44)/t28-/m0/s1. The summed E-state index contributed by atoms with van der Waals surface area (Å²) in [6, 6.07) is 17.7. The summed E-state index contributed by atoms with van der Waals surface area (Å²) in [7, 11) is 0. The minimum absolute atomic E-state index is 0.114. The van der Waals surface area contributed by atoms with Gasteiger partial charge in [0.2, 0.25) is 5.91 Å². The zero-order valence-corrected chi connectivity index (χ0v) is 25.1. The number of nitrogens with zero attached hydrogens (tertiary/aromatic N) is 4. The Kier molecular flexibility index (Phi) is 9.44. The number of alkyl halides is 3. The first kappa shape index (κ1) is 32.6. The lowest BCUT2D eigenvalue weighted by molar-refractivity contribution is -0.138. The lowest BCUT2D eigenvalue weighted by Crippen LogP contribution is -2.51. The maximum atomic E-state index is 14.9. The normalized spacial score (nSPS) is 14.8. The van der Waals surface area contributed by atoms with Gasteiger partial charge < -0.3 is 16.4 Å². The highest BCUT2D eigenvalue weighted by molar-refractivity contribution is 5.94. The number of piperazine rings is 1. The van der Waals surface area contributed by atoms with Crippen molar-refractivity contribution >= 4 is 11.6 Å². The zero-order chi connectivity index (χ0) is 33.2. The highest BCUT2D eigenvalue weighted by Crippen LogP contribution is 2.33. The topological polar surface area (TPSA) is 120 Å².